The van der Waals surface area contributed by atoms with Gasteiger partial charge in [-0.1, -0.05) is 0 Å². The van der Waals surface area contributed by atoms with E-state index >= 15 is 0 Å². The molecule has 4 rings (SSSR count). The molecule has 0 atom stereocenters. The third-order valence-electron chi connectivity index (χ3n) is 5.03. The minimum atomic E-state index is -0.901. The summed E-state index contributed by atoms with van der Waals surface area (Å²) in [7, 11) is 3.76. The minimum Gasteiger partial charge on any atom is -0.364 e. The van der Waals surface area contributed by atoms with Crippen molar-refractivity contribution in [1.29, 1.82) is 0 Å². The first-order valence-corrected chi connectivity index (χ1v) is 8.61. The second-order valence-corrected chi connectivity index (χ2v) is 6.62. The first-order valence-electron chi connectivity index (χ1n) is 8.61. The maximum atomic E-state index is 12.9. The van der Waals surface area contributed by atoms with Gasteiger partial charge in [0, 0.05) is 21.3 Å². The summed E-state index contributed by atoms with van der Waals surface area (Å²) < 4.78 is 16.7. The highest BCUT2D eigenvalue weighted by atomic mass is 16.5. The van der Waals surface area contributed by atoms with Gasteiger partial charge in [0.15, 0.2) is 0 Å². The second kappa shape index (κ2) is 6.79. The van der Waals surface area contributed by atoms with Crippen molar-refractivity contribution in [3.8, 4) is 0 Å². The number of hydrogen-bond donors (Lipinski definition) is 0. The Bertz CT molecular complexity index is 1310. The van der Waals surface area contributed by atoms with Gasteiger partial charge in [-0.25, -0.2) is 13.7 Å². The Labute approximate surface area is 164 Å². The molecule has 0 fully saturated rings. The molecule has 0 bridgehead atoms. The van der Waals surface area contributed by atoms with Gasteiger partial charge in [0.1, 0.15) is 20.2 Å². The summed E-state index contributed by atoms with van der Waals surface area (Å²) >= 11 is 0. The van der Waals surface area contributed by atoms with E-state index < -0.39 is 85.9 Å². The van der Waals surface area contributed by atoms with Crippen molar-refractivity contribution in [3.05, 3.63) is 62.1 Å². The molecule has 3 aromatic heterocycles. The Morgan fingerprint density at radius 1 is 0.433 bits per heavy atom. The van der Waals surface area contributed by atoms with Gasteiger partial charge in [-0.3, -0.25) is 28.8 Å². The van der Waals surface area contributed by atoms with Crippen molar-refractivity contribution in [1.82, 2.24) is 13.7 Å². The topological polar surface area (TPSA) is 145 Å². The van der Waals surface area contributed by atoms with E-state index in [-0.39, 0.29) is 0 Å². The number of ether oxygens (including phenoxy) is 3. The van der Waals surface area contributed by atoms with Crippen LogP contribution >= 0.6 is 0 Å². The standard InChI is InChI=1S/C18H15N3O9/c1-28-4-19-13(22)7-8(14(19)23)10-12(18(27)21(6-30-3)16(10)25)11-9(7)15(24)20(5-29-2)17(11)26/h4-6H2,1-3H3. The van der Waals surface area contributed by atoms with Gasteiger partial charge in [-0.15, -0.1) is 0 Å². The molecule has 0 spiro atoms. The molecule has 156 valence electrons. The van der Waals surface area contributed by atoms with Gasteiger partial charge in [0.25, 0.3) is 33.4 Å². The van der Waals surface area contributed by atoms with Crippen LogP contribution in [0.1, 0.15) is 0 Å². The predicted octanol–water partition coefficient (Wildman–Crippen LogP) is -2.16. The average molecular weight is 417 g/mol. The van der Waals surface area contributed by atoms with Crippen LogP contribution in [0.5, 0.6) is 0 Å². The van der Waals surface area contributed by atoms with Gasteiger partial charge in [-0.2, -0.15) is 0 Å². The fourth-order valence-corrected chi connectivity index (χ4v) is 3.86. The largest absolute Gasteiger partial charge is 0.364 e. The van der Waals surface area contributed by atoms with Crippen molar-refractivity contribution in [2.45, 2.75) is 20.2 Å². The number of nitrogens with zero attached hydrogens (tertiary/aromatic N) is 3. The van der Waals surface area contributed by atoms with E-state index in [4.69, 9.17) is 14.2 Å². The molecule has 0 aliphatic heterocycles. The van der Waals surface area contributed by atoms with E-state index in [0.717, 1.165) is 0 Å². The van der Waals surface area contributed by atoms with Crippen molar-refractivity contribution < 1.29 is 14.2 Å². The third-order valence-corrected chi connectivity index (χ3v) is 5.03. The Hall–Kier alpha value is -3.48. The zero-order valence-electron chi connectivity index (χ0n) is 16.1. The van der Waals surface area contributed by atoms with Gasteiger partial charge in [0.2, 0.25) is 0 Å². The minimum absolute atomic E-state index is 0.400. The summed E-state index contributed by atoms with van der Waals surface area (Å²) in [5.41, 5.74) is -5.41. The Morgan fingerprint density at radius 2 is 0.600 bits per heavy atom. The molecular formula is C18H15N3O9. The smallest absolute Gasteiger partial charge is 0.264 e. The van der Waals surface area contributed by atoms with Crippen LogP contribution in [-0.4, -0.2) is 35.0 Å². The van der Waals surface area contributed by atoms with E-state index in [1.165, 1.54) is 21.3 Å². The third kappa shape index (κ3) is 2.26. The maximum absolute atomic E-state index is 12.9. The second-order valence-electron chi connectivity index (χ2n) is 6.62. The van der Waals surface area contributed by atoms with E-state index in [9.17, 15) is 28.8 Å². The summed E-state index contributed by atoms with van der Waals surface area (Å²) in [6.07, 6.45) is 0. The van der Waals surface area contributed by atoms with E-state index in [1.54, 1.807) is 0 Å². The van der Waals surface area contributed by atoms with Crippen molar-refractivity contribution in [2.24, 2.45) is 0 Å². The molecule has 0 N–H and O–H groups in total. The zero-order chi connectivity index (χ0) is 21.9. The van der Waals surface area contributed by atoms with Crippen LogP contribution in [0.2, 0.25) is 0 Å². The highest BCUT2D eigenvalue weighted by Gasteiger charge is 2.30. The van der Waals surface area contributed by atoms with Crippen LogP contribution in [0, 0.1) is 0 Å². The Balaban J connectivity index is 2.49. The molecule has 30 heavy (non-hydrogen) atoms. The van der Waals surface area contributed by atoms with Gasteiger partial charge >= 0.3 is 0 Å². The highest BCUT2D eigenvalue weighted by molar-refractivity contribution is 6.25. The monoisotopic (exact) mass is 417 g/mol. The number of rotatable bonds is 6. The van der Waals surface area contributed by atoms with E-state index in [1.807, 2.05) is 0 Å². The maximum Gasteiger partial charge on any atom is 0.264 e. The van der Waals surface area contributed by atoms with Crippen LogP contribution in [0.15, 0.2) is 28.8 Å². The van der Waals surface area contributed by atoms with E-state index in [0.29, 0.717) is 13.7 Å². The Morgan fingerprint density at radius 3 is 0.733 bits per heavy atom. The predicted molar refractivity (Wildman–Crippen MR) is 105 cm³/mol. The number of aromatic nitrogens is 3. The molecule has 1 aromatic carbocycles. The van der Waals surface area contributed by atoms with Crippen LogP contribution in [-0.2, 0) is 34.4 Å². The molecule has 0 unspecified atom stereocenters. The van der Waals surface area contributed by atoms with E-state index in [2.05, 4.69) is 0 Å². The summed E-state index contributed by atoms with van der Waals surface area (Å²) in [5.74, 6) is 0. The van der Waals surface area contributed by atoms with Gasteiger partial charge in [-0.05, 0) is 0 Å². The Kier molecular flexibility index (Phi) is 4.49. The van der Waals surface area contributed by atoms with Crippen LogP contribution < -0.4 is 33.4 Å². The SMILES string of the molecule is COCn1c(=O)c2c3c(=O)n(COC)c(=O)c3c3c(=O)n(COC)c(=O)c3c2c1=O. The molecule has 0 radical (unpaired) electrons. The average Bonchev–Trinajstić information content (AvgIpc) is 3.21. The fraction of sp³-hybridized carbons (Fsp3) is 0.333. The lowest BCUT2D eigenvalue weighted by Crippen LogP contribution is -2.27. The van der Waals surface area contributed by atoms with Crippen LogP contribution in [0.25, 0.3) is 32.3 Å². The van der Waals surface area contributed by atoms with Gasteiger partial charge in [0.05, 0.1) is 32.3 Å². The summed E-state index contributed by atoms with van der Waals surface area (Å²) in [4.78, 5) is 77.7. The molecule has 0 aliphatic carbocycles. The van der Waals surface area contributed by atoms with Crippen molar-refractivity contribution in [2.75, 3.05) is 21.3 Å². The lowest BCUT2D eigenvalue weighted by Gasteiger charge is -1.95. The molecule has 12 heteroatoms. The fourth-order valence-electron chi connectivity index (χ4n) is 3.86. The normalized spacial score (nSPS) is 12.1. The molecule has 4 aromatic rings. The summed E-state index contributed by atoms with van der Waals surface area (Å²) in [6, 6.07) is 0. The number of hydrogen-bond acceptors (Lipinski definition) is 9. The highest BCUT2D eigenvalue weighted by Crippen LogP contribution is 2.25. The number of benzene rings is 1. The molecule has 0 saturated heterocycles. The van der Waals surface area contributed by atoms with Gasteiger partial charge < -0.3 is 14.2 Å². The quantitative estimate of drug-likeness (QED) is 0.342. The number of fused-ring (bicyclic) bond motifs is 6. The van der Waals surface area contributed by atoms with Crippen molar-refractivity contribution >= 4 is 32.3 Å². The molecule has 12 nitrogen and oxygen atoms in total. The van der Waals surface area contributed by atoms with Crippen molar-refractivity contribution in [3.63, 3.8) is 0 Å². The molecule has 3 heterocycles. The lowest BCUT2D eigenvalue weighted by atomic mass is 10.0. The first kappa shape index (κ1) is 19.8. The number of methoxy groups -OCH3 is 3. The first-order chi connectivity index (χ1) is 14.3. The molecule has 0 saturated carbocycles. The van der Waals surface area contributed by atoms with Crippen LogP contribution in [0.4, 0.5) is 0 Å². The molecule has 0 amide bonds. The van der Waals surface area contributed by atoms with Crippen LogP contribution in [0.3, 0.4) is 0 Å². The molecule has 0 aliphatic rings. The molecular weight excluding hydrogens is 402 g/mol. The summed E-state index contributed by atoms with van der Waals surface area (Å²) in [5, 5.41) is -2.40. The lowest BCUT2D eigenvalue weighted by molar-refractivity contribution is 0.127. The summed E-state index contributed by atoms with van der Waals surface area (Å²) in [6.45, 7) is -1.32. The zero-order valence-corrected chi connectivity index (χ0v) is 16.1.